The molecule has 0 bridgehead atoms. The standard InChI is InChI=1S/C17H16N2O/c18-15-8-9-19-17-11-16(7-6-14(17)10-15)20-12-13-4-2-1-3-5-13/h1-7,9-11H,8,12,18H2. The molecule has 0 saturated carbocycles. The van der Waals surface area contributed by atoms with Crippen molar-refractivity contribution in [3.8, 4) is 5.75 Å². The lowest BCUT2D eigenvalue weighted by molar-refractivity contribution is 0.306. The number of rotatable bonds is 3. The van der Waals surface area contributed by atoms with Crippen LogP contribution in [0.3, 0.4) is 0 Å². The topological polar surface area (TPSA) is 47.6 Å². The number of nitrogens with two attached hydrogens (primary N) is 1. The third kappa shape index (κ3) is 2.88. The van der Waals surface area contributed by atoms with Crippen molar-refractivity contribution < 1.29 is 4.74 Å². The number of allylic oxidation sites excluding steroid dienone is 1. The summed E-state index contributed by atoms with van der Waals surface area (Å²) in [5, 5.41) is 0. The highest BCUT2D eigenvalue weighted by Gasteiger charge is 2.05. The lowest BCUT2D eigenvalue weighted by Gasteiger charge is -2.08. The monoisotopic (exact) mass is 264 g/mol. The third-order valence-corrected chi connectivity index (χ3v) is 3.15. The lowest BCUT2D eigenvalue weighted by atomic mass is 10.1. The van der Waals surface area contributed by atoms with E-state index in [1.807, 2.05) is 60.8 Å². The molecule has 0 aliphatic carbocycles. The molecule has 2 N–H and O–H groups in total. The second-order valence-corrected chi connectivity index (χ2v) is 4.73. The molecule has 20 heavy (non-hydrogen) atoms. The van der Waals surface area contributed by atoms with E-state index in [2.05, 4.69) is 4.99 Å². The van der Waals surface area contributed by atoms with Crippen molar-refractivity contribution in [2.24, 2.45) is 10.7 Å². The molecule has 0 unspecified atom stereocenters. The fourth-order valence-corrected chi connectivity index (χ4v) is 2.10. The fraction of sp³-hybridized carbons (Fsp3) is 0.118. The summed E-state index contributed by atoms with van der Waals surface area (Å²) >= 11 is 0. The summed E-state index contributed by atoms with van der Waals surface area (Å²) in [6.45, 7) is 0.557. The SMILES string of the molecule is NC1=Cc2ccc(OCc3ccccc3)cc2N=CC1. The number of benzene rings is 2. The molecule has 0 spiro atoms. The van der Waals surface area contributed by atoms with Crippen molar-refractivity contribution in [3.63, 3.8) is 0 Å². The van der Waals surface area contributed by atoms with Crippen LogP contribution in [0.25, 0.3) is 6.08 Å². The Bertz CT molecular complexity index is 660. The molecular weight excluding hydrogens is 248 g/mol. The maximum atomic E-state index is 5.86. The molecule has 3 rings (SSSR count). The Balaban J connectivity index is 1.78. The van der Waals surface area contributed by atoms with E-state index in [0.29, 0.717) is 13.0 Å². The summed E-state index contributed by atoms with van der Waals surface area (Å²) in [6, 6.07) is 16.0. The van der Waals surface area contributed by atoms with Crippen LogP contribution in [-0.4, -0.2) is 6.21 Å². The summed E-state index contributed by atoms with van der Waals surface area (Å²) in [5.41, 5.74) is 9.76. The van der Waals surface area contributed by atoms with E-state index in [9.17, 15) is 0 Å². The summed E-state index contributed by atoms with van der Waals surface area (Å²) < 4.78 is 5.80. The van der Waals surface area contributed by atoms with Crippen LogP contribution in [-0.2, 0) is 6.61 Å². The Morgan fingerprint density at radius 1 is 1.10 bits per heavy atom. The van der Waals surface area contributed by atoms with Gasteiger partial charge in [0.15, 0.2) is 0 Å². The number of ether oxygens (including phenoxy) is 1. The summed E-state index contributed by atoms with van der Waals surface area (Å²) in [6.07, 6.45) is 4.48. The van der Waals surface area contributed by atoms with E-state index >= 15 is 0 Å². The van der Waals surface area contributed by atoms with Gasteiger partial charge in [0.25, 0.3) is 0 Å². The van der Waals surface area contributed by atoms with Crippen molar-refractivity contribution in [3.05, 3.63) is 65.4 Å². The first-order valence-corrected chi connectivity index (χ1v) is 6.60. The zero-order valence-electron chi connectivity index (χ0n) is 11.1. The first kappa shape index (κ1) is 12.5. The highest BCUT2D eigenvalue weighted by molar-refractivity contribution is 5.78. The third-order valence-electron chi connectivity index (χ3n) is 3.15. The van der Waals surface area contributed by atoms with E-state index < -0.39 is 0 Å². The van der Waals surface area contributed by atoms with Crippen LogP contribution in [0.2, 0.25) is 0 Å². The molecule has 1 heterocycles. The van der Waals surface area contributed by atoms with Gasteiger partial charge in [0.05, 0.1) is 5.69 Å². The quantitative estimate of drug-likeness (QED) is 0.919. The van der Waals surface area contributed by atoms with Gasteiger partial charge in [-0.1, -0.05) is 30.3 Å². The number of hydrogen-bond donors (Lipinski definition) is 1. The molecule has 2 aromatic carbocycles. The van der Waals surface area contributed by atoms with Crippen molar-refractivity contribution in [2.75, 3.05) is 0 Å². The van der Waals surface area contributed by atoms with Gasteiger partial charge in [0, 0.05) is 30.0 Å². The van der Waals surface area contributed by atoms with Gasteiger partial charge in [-0.05, 0) is 23.8 Å². The molecule has 100 valence electrons. The van der Waals surface area contributed by atoms with Gasteiger partial charge >= 0.3 is 0 Å². The zero-order chi connectivity index (χ0) is 13.8. The predicted molar refractivity (Wildman–Crippen MR) is 82.1 cm³/mol. The van der Waals surface area contributed by atoms with Gasteiger partial charge in [0.1, 0.15) is 12.4 Å². The Morgan fingerprint density at radius 3 is 2.80 bits per heavy atom. The second kappa shape index (κ2) is 5.61. The van der Waals surface area contributed by atoms with Gasteiger partial charge in [-0.2, -0.15) is 0 Å². The largest absolute Gasteiger partial charge is 0.489 e. The summed E-state index contributed by atoms with van der Waals surface area (Å²) in [5.74, 6) is 0.818. The summed E-state index contributed by atoms with van der Waals surface area (Å²) in [7, 11) is 0. The maximum absolute atomic E-state index is 5.86. The molecule has 0 radical (unpaired) electrons. The Hall–Kier alpha value is -2.55. The number of aliphatic imine (C=N–C) groups is 1. The van der Waals surface area contributed by atoms with Crippen LogP contribution >= 0.6 is 0 Å². The van der Waals surface area contributed by atoms with Crippen molar-refractivity contribution >= 4 is 18.0 Å². The van der Waals surface area contributed by atoms with Crippen LogP contribution in [0, 0.1) is 0 Å². The minimum atomic E-state index is 0.557. The van der Waals surface area contributed by atoms with Crippen LogP contribution < -0.4 is 10.5 Å². The van der Waals surface area contributed by atoms with Crippen molar-refractivity contribution in [1.82, 2.24) is 0 Å². The first-order chi connectivity index (χ1) is 9.81. The van der Waals surface area contributed by atoms with Crippen LogP contribution in [0.1, 0.15) is 17.5 Å². The van der Waals surface area contributed by atoms with Gasteiger partial charge in [-0.15, -0.1) is 0 Å². The number of hydrogen-bond acceptors (Lipinski definition) is 3. The van der Waals surface area contributed by atoms with E-state index in [1.165, 1.54) is 0 Å². The number of fused-ring (bicyclic) bond motifs is 1. The average Bonchev–Trinajstić information content (AvgIpc) is 2.66. The van der Waals surface area contributed by atoms with Crippen molar-refractivity contribution in [1.29, 1.82) is 0 Å². The van der Waals surface area contributed by atoms with E-state index in [-0.39, 0.29) is 0 Å². The van der Waals surface area contributed by atoms with Gasteiger partial charge in [-0.25, -0.2) is 0 Å². The van der Waals surface area contributed by atoms with E-state index in [0.717, 1.165) is 28.3 Å². The number of nitrogens with zero attached hydrogens (tertiary/aromatic N) is 1. The second-order valence-electron chi connectivity index (χ2n) is 4.73. The van der Waals surface area contributed by atoms with Crippen LogP contribution in [0.4, 0.5) is 5.69 Å². The van der Waals surface area contributed by atoms with E-state index in [4.69, 9.17) is 10.5 Å². The minimum absolute atomic E-state index is 0.557. The molecule has 0 atom stereocenters. The molecule has 1 aliphatic heterocycles. The highest BCUT2D eigenvalue weighted by Crippen LogP contribution is 2.29. The van der Waals surface area contributed by atoms with E-state index in [1.54, 1.807) is 0 Å². The van der Waals surface area contributed by atoms with Crippen LogP contribution in [0.15, 0.2) is 59.2 Å². The molecule has 3 nitrogen and oxygen atoms in total. The molecule has 0 saturated heterocycles. The lowest BCUT2D eigenvalue weighted by Crippen LogP contribution is -1.96. The average molecular weight is 264 g/mol. The first-order valence-electron chi connectivity index (χ1n) is 6.60. The van der Waals surface area contributed by atoms with Gasteiger partial charge < -0.3 is 10.5 Å². The highest BCUT2D eigenvalue weighted by atomic mass is 16.5. The van der Waals surface area contributed by atoms with Crippen LogP contribution in [0.5, 0.6) is 5.75 Å². The normalized spacial score (nSPS) is 13.3. The van der Waals surface area contributed by atoms with Gasteiger partial charge in [0.2, 0.25) is 0 Å². The Labute approximate surface area is 118 Å². The molecular formula is C17H16N2O. The molecule has 0 aromatic heterocycles. The predicted octanol–water partition coefficient (Wildman–Crippen LogP) is 3.67. The zero-order valence-corrected chi connectivity index (χ0v) is 11.1. The molecule has 3 heteroatoms. The molecule has 0 fully saturated rings. The molecule has 1 aliphatic rings. The minimum Gasteiger partial charge on any atom is -0.489 e. The van der Waals surface area contributed by atoms with Gasteiger partial charge in [-0.3, -0.25) is 4.99 Å². The smallest absolute Gasteiger partial charge is 0.122 e. The fourth-order valence-electron chi connectivity index (χ4n) is 2.10. The summed E-state index contributed by atoms with van der Waals surface area (Å²) in [4.78, 5) is 4.42. The Morgan fingerprint density at radius 2 is 1.95 bits per heavy atom. The Kier molecular flexibility index (Phi) is 3.50. The maximum Gasteiger partial charge on any atom is 0.122 e. The molecule has 0 amide bonds. The van der Waals surface area contributed by atoms with Crippen molar-refractivity contribution in [2.45, 2.75) is 13.0 Å². The molecule has 2 aromatic rings.